The van der Waals surface area contributed by atoms with Crippen LogP contribution in [0.2, 0.25) is 5.02 Å². The van der Waals surface area contributed by atoms with Crippen LogP contribution in [0.15, 0.2) is 66.5 Å². The van der Waals surface area contributed by atoms with Gasteiger partial charge in [-0.3, -0.25) is 19.5 Å². The van der Waals surface area contributed by atoms with Gasteiger partial charge >= 0.3 is 0 Å². The number of hydrogen-bond acceptors (Lipinski definition) is 6. The summed E-state index contributed by atoms with van der Waals surface area (Å²) in [7, 11) is 3.01. The fraction of sp³-hybridized carbons (Fsp3) is 0.160. The fourth-order valence-electron chi connectivity index (χ4n) is 3.93. The minimum Gasteiger partial charge on any atom is -0.507 e. The lowest BCUT2D eigenvalue weighted by Crippen LogP contribution is -2.30. The molecule has 0 radical (unpaired) electrons. The van der Waals surface area contributed by atoms with Gasteiger partial charge in [0, 0.05) is 28.7 Å². The van der Waals surface area contributed by atoms with Crippen LogP contribution in [0.25, 0.3) is 5.76 Å². The number of hydrogen-bond donors (Lipinski definition) is 1. The SMILES string of the molecule is COc1ccc(C2/C(=C(\O)c3ccncc3)C(=O)C(=O)N2c2cc(Cl)ccc2C)cc1OC. The molecule has 1 unspecified atom stereocenters. The Bertz CT molecular complexity index is 1270. The number of aryl methyl sites for hydroxylation is 1. The number of ether oxygens (including phenoxy) is 2. The van der Waals surface area contributed by atoms with Crippen molar-refractivity contribution in [2.45, 2.75) is 13.0 Å². The van der Waals surface area contributed by atoms with Gasteiger partial charge in [0.15, 0.2) is 11.5 Å². The highest BCUT2D eigenvalue weighted by molar-refractivity contribution is 6.52. The Morgan fingerprint density at radius 1 is 1.00 bits per heavy atom. The zero-order chi connectivity index (χ0) is 23.7. The van der Waals surface area contributed by atoms with Gasteiger partial charge in [0.05, 0.1) is 25.8 Å². The highest BCUT2D eigenvalue weighted by Crippen LogP contribution is 2.45. The maximum absolute atomic E-state index is 13.3. The fourth-order valence-corrected chi connectivity index (χ4v) is 4.09. The second-order valence-corrected chi connectivity index (χ2v) is 7.89. The van der Waals surface area contributed by atoms with Crippen LogP contribution in [-0.4, -0.2) is 36.0 Å². The largest absolute Gasteiger partial charge is 0.507 e. The van der Waals surface area contributed by atoms with Crippen LogP contribution in [0.4, 0.5) is 5.69 Å². The molecule has 2 aromatic carbocycles. The molecule has 1 saturated heterocycles. The summed E-state index contributed by atoms with van der Waals surface area (Å²) >= 11 is 6.23. The summed E-state index contributed by atoms with van der Waals surface area (Å²) in [5.74, 6) is -0.949. The third-order valence-corrected chi connectivity index (χ3v) is 5.79. The van der Waals surface area contributed by atoms with Crippen LogP contribution >= 0.6 is 11.6 Å². The minimum absolute atomic E-state index is 0.0437. The standard InChI is InChI=1S/C25H21ClN2O5/c1-14-4-6-17(26)13-18(14)28-22(16-5-7-19(32-2)20(12-16)33-3)21(24(30)25(28)31)23(29)15-8-10-27-11-9-15/h4-13,22,29H,1-3H3/b23-21+. The number of benzene rings is 2. The zero-order valence-corrected chi connectivity index (χ0v) is 19.0. The smallest absolute Gasteiger partial charge is 0.300 e. The van der Waals surface area contributed by atoms with E-state index < -0.39 is 17.7 Å². The number of carbonyl (C=O) groups excluding carboxylic acids is 2. The molecule has 1 atom stereocenters. The first-order valence-electron chi connectivity index (χ1n) is 10.1. The third-order valence-electron chi connectivity index (χ3n) is 5.55. The van der Waals surface area contributed by atoms with Crippen molar-refractivity contribution in [2.24, 2.45) is 0 Å². The van der Waals surface area contributed by atoms with Gasteiger partial charge in [-0.1, -0.05) is 23.7 Å². The highest BCUT2D eigenvalue weighted by Gasteiger charge is 2.47. The van der Waals surface area contributed by atoms with Crippen LogP contribution in [0.5, 0.6) is 11.5 Å². The van der Waals surface area contributed by atoms with Crippen molar-refractivity contribution in [1.82, 2.24) is 4.98 Å². The van der Waals surface area contributed by atoms with E-state index in [9.17, 15) is 14.7 Å². The van der Waals surface area contributed by atoms with Gasteiger partial charge in [0.2, 0.25) is 0 Å². The minimum atomic E-state index is -0.921. The van der Waals surface area contributed by atoms with E-state index in [0.717, 1.165) is 5.56 Å². The van der Waals surface area contributed by atoms with Crippen molar-refractivity contribution in [1.29, 1.82) is 0 Å². The summed E-state index contributed by atoms with van der Waals surface area (Å²) in [5.41, 5.74) is 2.10. The molecule has 0 spiro atoms. The van der Waals surface area contributed by atoms with E-state index in [-0.39, 0.29) is 11.3 Å². The zero-order valence-electron chi connectivity index (χ0n) is 18.2. The number of pyridine rings is 1. The number of amides is 1. The average Bonchev–Trinajstić information content (AvgIpc) is 3.10. The Labute approximate surface area is 195 Å². The molecule has 7 nitrogen and oxygen atoms in total. The van der Waals surface area contributed by atoms with Crippen molar-refractivity contribution < 1.29 is 24.2 Å². The molecule has 2 heterocycles. The van der Waals surface area contributed by atoms with Gasteiger partial charge < -0.3 is 14.6 Å². The maximum Gasteiger partial charge on any atom is 0.300 e. The molecule has 3 aromatic rings. The molecule has 1 aliphatic rings. The van der Waals surface area contributed by atoms with Crippen LogP contribution < -0.4 is 14.4 Å². The molecule has 1 aromatic heterocycles. The molecule has 1 N–H and O–H groups in total. The lowest BCUT2D eigenvalue weighted by Gasteiger charge is -2.27. The lowest BCUT2D eigenvalue weighted by molar-refractivity contribution is -0.132. The number of aromatic nitrogens is 1. The number of halogens is 1. The average molecular weight is 465 g/mol. The number of nitrogens with zero attached hydrogens (tertiary/aromatic N) is 2. The molecule has 1 aliphatic heterocycles. The summed E-state index contributed by atoms with van der Waals surface area (Å²) in [5, 5.41) is 11.5. The number of methoxy groups -OCH3 is 2. The van der Waals surface area contributed by atoms with E-state index in [0.29, 0.717) is 33.3 Å². The Balaban J connectivity index is 2.00. The summed E-state index contributed by atoms with van der Waals surface area (Å²) in [6.07, 6.45) is 3.00. The Morgan fingerprint density at radius 2 is 1.70 bits per heavy atom. The second-order valence-electron chi connectivity index (χ2n) is 7.45. The summed E-state index contributed by atoms with van der Waals surface area (Å²) < 4.78 is 10.8. The van der Waals surface area contributed by atoms with Crippen molar-refractivity contribution in [3.63, 3.8) is 0 Å². The van der Waals surface area contributed by atoms with Gasteiger partial charge in [0.25, 0.3) is 11.7 Å². The van der Waals surface area contributed by atoms with Gasteiger partial charge in [-0.25, -0.2) is 0 Å². The Hall–Kier alpha value is -3.84. The summed E-state index contributed by atoms with van der Waals surface area (Å²) in [6, 6.07) is 12.4. The predicted molar refractivity (Wildman–Crippen MR) is 125 cm³/mol. The first-order valence-corrected chi connectivity index (χ1v) is 10.4. The number of aliphatic hydroxyl groups is 1. The number of aliphatic hydroxyl groups excluding tert-OH is 1. The first-order chi connectivity index (χ1) is 15.9. The molecule has 0 saturated carbocycles. The van der Waals surface area contributed by atoms with Crippen molar-refractivity contribution >= 4 is 34.7 Å². The third kappa shape index (κ3) is 3.91. The van der Waals surface area contributed by atoms with Gasteiger partial charge in [-0.2, -0.15) is 0 Å². The Morgan fingerprint density at radius 3 is 2.36 bits per heavy atom. The van der Waals surface area contributed by atoms with Crippen LogP contribution in [0, 0.1) is 6.92 Å². The number of ketones is 1. The van der Waals surface area contributed by atoms with Gasteiger partial charge in [-0.05, 0) is 54.4 Å². The lowest BCUT2D eigenvalue weighted by atomic mass is 9.95. The van der Waals surface area contributed by atoms with Crippen LogP contribution in [0.1, 0.15) is 22.7 Å². The van der Waals surface area contributed by atoms with Gasteiger partial charge in [-0.15, -0.1) is 0 Å². The quantitative estimate of drug-likeness (QED) is 0.335. The first kappa shape index (κ1) is 22.4. The van der Waals surface area contributed by atoms with E-state index in [1.54, 1.807) is 48.5 Å². The summed E-state index contributed by atoms with van der Waals surface area (Å²) in [4.78, 5) is 31.9. The molecule has 1 amide bonds. The predicted octanol–water partition coefficient (Wildman–Crippen LogP) is 4.69. The van der Waals surface area contributed by atoms with Crippen molar-refractivity contribution in [3.05, 3.63) is 88.2 Å². The highest BCUT2D eigenvalue weighted by atomic mass is 35.5. The molecule has 0 bridgehead atoms. The van der Waals surface area contributed by atoms with Gasteiger partial charge in [0.1, 0.15) is 5.76 Å². The van der Waals surface area contributed by atoms with E-state index >= 15 is 0 Å². The molecule has 33 heavy (non-hydrogen) atoms. The van der Waals surface area contributed by atoms with E-state index in [1.165, 1.54) is 31.5 Å². The molecule has 1 fully saturated rings. The van der Waals surface area contributed by atoms with Crippen LogP contribution in [-0.2, 0) is 9.59 Å². The number of Topliss-reactive ketones (excluding diaryl/α,β-unsaturated/α-hetero) is 1. The Kier molecular flexibility index (Phi) is 6.07. The molecular formula is C25H21ClN2O5. The van der Waals surface area contributed by atoms with E-state index in [2.05, 4.69) is 4.98 Å². The topological polar surface area (TPSA) is 89.0 Å². The molecule has 4 rings (SSSR count). The van der Waals surface area contributed by atoms with Crippen molar-refractivity contribution in [3.8, 4) is 11.5 Å². The van der Waals surface area contributed by atoms with Crippen LogP contribution in [0.3, 0.4) is 0 Å². The molecule has 0 aliphatic carbocycles. The summed E-state index contributed by atoms with van der Waals surface area (Å²) in [6.45, 7) is 1.82. The number of carbonyl (C=O) groups is 2. The number of anilines is 1. The molecule has 8 heteroatoms. The molecule has 168 valence electrons. The molecular weight excluding hydrogens is 444 g/mol. The van der Waals surface area contributed by atoms with Crippen molar-refractivity contribution in [2.75, 3.05) is 19.1 Å². The normalized spacial score (nSPS) is 17.3. The van der Waals surface area contributed by atoms with E-state index in [4.69, 9.17) is 21.1 Å². The second kappa shape index (κ2) is 8.96. The monoisotopic (exact) mass is 464 g/mol. The maximum atomic E-state index is 13.3. The van der Waals surface area contributed by atoms with E-state index in [1.807, 2.05) is 6.92 Å². The number of rotatable bonds is 5.